The van der Waals surface area contributed by atoms with Crippen molar-refractivity contribution in [2.45, 2.75) is 35.3 Å². The number of aliphatic hydroxyl groups excluding tert-OH is 1. The maximum atomic E-state index is 14.1. The summed E-state index contributed by atoms with van der Waals surface area (Å²) in [5.41, 5.74) is 0.531. The molecule has 2 unspecified atom stereocenters. The smallest absolute Gasteiger partial charge is 0.310 e. The van der Waals surface area contributed by atoms with Gasteiger partial charge in [0.15, 0.2) is 0 Å². The van der Waals surface area contributed by atoms with Crippen LogP contribution in [0.5, 0.6) is 0 Å². The van der Waals surface area contributed by atoms with E-state index < -0.39 is 28.6 Å². The summed E-state index contributed by atoms with van der Waals surface area (Å²) in [5.74, 6) is -2.23. The second-order valence-electron chi connectivity index (χ2n) is 8.74. The highest BCUT2D eigenvalue weighted by molar-refractivity contribution is 8.02. The zero-order chi connectivity index (χ0) is 24.5. The lowest BCUT2D eigenvalue weighted by Crippen LogP contribution is -2.55. The summed E-state index contributed by atoms with van der Waals surface area (Å²) in [6.45, 7) is 7.59. The second-order valence-corrected chi connectivity index (χ2v) is 10.8. The number of ether oxygens (including phenoxy) is 1. The predicted molar refractivity (Wildman–Crippen MR) is 133 cm³/mol. The number of halogens is 1. The Bertz CT molecular complexity index is 1000. The number of thioether (sulfide) groups is 1. The van der Waals surface area contributed by atoms with E-state index in [2.05, 4.69) is 13.2 Å². The highest BCUT2D eigenvalue weighted by Crippen LogP contribution is 2.66. The Morgan fingerprint density at radius 2 is 2.09 bits per heavy atom. The fraction of sp³-hybridized carbons (Fsp3) is 0.480. The molecule has 0 aliphatic carbocycles. The number of carbonyl (C=O) groups is 3. The molecule has 3 fully saturated rings. The van der Waals surface area contributed by atoms with Gasteiger partial charge in [0.25, 0.3) is 5.91 Å². The van der Waals surface area contributed by atoms with Gasteiger partial charge in [-0.2, -0.15) is 0 Å². The van der Waals surface area contributed by atoms with Crippen molar-refractivity contribution in [2.75, 3.05) is 31.2 Å². The van der Waals surface area contributed by atoms with Gasteiger partial charge in [0.05, 0.1) is 40.5 Å². The Kier molecular flexibility index (Phi) is 7.40. The van der Waals surface area contributed by atoms with Crippen LogP contribution in [0.3, 0.4) is 0 Å². The fourth-order valence-electron chi connectivity index (χ4n) is 5.64. The predicted octanol–water partition coefficient (Wildman–Crippen LogP) is 3.06. The highest BCUT2D eigenvalue weighted by atomic mass is 35.5. The van der Waals surface area contributed by atoms with Gasteiger partial charge < -0.3 is 19.6 Å². The Labute approximate surface area is 208 Å². The lowest BCUT2D eigenvalue weighted by atomic mass is 9.71. The molecule has 3 heterocycles. The van der Waals surface area contributed by atoms with Crippen LogP contribution in [0.25, 0.3) is 0 Å². The van der Waals surface area contributed by atoms with E-state index in [1.807, 2.05) is 0 Å². The number of anilines is 1. The minimum atomic E-state index is -0.825. The number of hydrogen-bond acceptors (Lipinski definition) is 6. The van der Waals surface area contributed by atoms with Crippen molar-refractivity contribution in [3.63, 3.8) is 0 Å². The molecule has 3 aliphatic heterocycles. The summed E-state index contributed by atoms with van der Waals surface area (Å²) in [6.07, 6.45) is 5.18. The fourth-order valence-corrected chi connectivity index (χ4v) is 8.08. The molecule has 9 heteroatoms. The first kappa shape index (κ1) is 24.8. The Hall–Kier alpha value is -2.29. The number of aliphatic hydroxyl groups is 1. The molecular formula is C25H29ClN2O5S. The zero-order valence-corrected chi connectivity index (χ0v) is 20.5. The highest BCUT2D eigenvalue weighted by Gasteiger charge is 2.74. The molecule has 1 spiro atoms. The van der Waals surface area contributed by atoms with Gasteiger partial charge in [0.1, 0.15) is 6.04 Å². The molecule has 7 nitrogen and oxygen atoms in total. The van der Waals surface area contributed by atoms with E-state index in [1.54, 1.807) is 53.1 Å². The number of esters is 1. The van der Waals surface area contributed by atoms with Gasteiger partial charge in [-0.05, 0) is 31.4 Å². The van der Waals surface area contributed by atoms with E-state index in [9.17, 15) is 19.5 Å². The first-order valence-corrected chi connectivity index (χ1v) is 12.7. The van der Waals surface area contributed by atoms with Crippen molar-refractivity contribution in [2.24, 2.45) is 11.8 Å². The van der Waals surface area contributed by atoms with Gasteiger partial charge in [-0.1, -0.05) is 35.9 Å². The third-order valence-electron chi connectivity index (χ3n) is 6.93. The number of fused-ring (bicyclic) bond motifs is 1. The van der Waals surface area contributed by atoms with Crippen LogP contribution in [0.15, 0.2) is 49.6 Å². The number of benzene rings is 1. The molecule has 0 saturated carbocycles. The third-order valence-corrected chi connectivity index (χ3v) is 9.21. The second kappa shape index (κ2) is 10.1. The van der Waals surface area contributed by atoms with E-state index in [0.717, 1.165) is 6.42 Å². The van der Waals surface area contributed by atoms with Crippen LogP contribution in [-0.4, -0.2) is 70.1 Å². The molecule has 1 aromatic rings. The van der Waals surface area contributed by atoms with Crippen LogP contribution in [0.2, 0.25) is 5.02 Å². The van der Waals surface area contributed by atoms with Crippen molar-refractivity contribution < 1.29 is 24.2 Å². The third kappa shape index (κ3) is 3.95. The standard InChI is InChI=1S/C25H29ClN2O5S/c1-3-5-15-33-24(32)19-18-10-11-25(34-18)20(19)22(30)28(13-14-29)21(25)23(31)27(12-4-2)17-9-7-6-8-16(17)26/h3-4,6-9,18-21,29H,1-2,5,10-15H2/t18-,19+,20+,21?,25?/m1/s1. The summed E-state index contributed by atoms with van der Waals surface area (Å²) >= 11 is 7.98. The Morgan fingerprint density at radius 1 is 1.32 bits per heavy atom. The van der Waals surface area contributed by atoms with Crippen molar-refractivity contribution in [1.82, 2.24) is 4.90 Å². The van der Waals surface area contributed by atoms with Crippen LogP contribution in [0.1, 0.15) is 19.3 Å². The molecule has 4 rings (SSSR count). The molecule has 2 bridgehead atoms. The quantitative estimate of drug-likeness (QED) is 0.299. The van der Waals surface area contributed by atoms with Crippen molar-refractivity contribution in [1.29, 1.82) is 0 Å². The minimum Gasteiger partial charge on any atom is -0.465 e. The van der Waals surface area contributed by atoms with Crippen LogP contribution in [0, 0.1) is 11.8 Å². The number of carbonyl (C=O) groups excluding carboxylic acids is 3. The normalized spacial score (nSPS) is 29.1. The largest absolute Gasteiger partial charge is 0.465 e. The summed E-state index contributed by atoms with van der Waals surface area (Å²) in [5, 5.41) is 10.1. The molecule has 3 aliphatic rings. The summed E-state index contributed by atoms with van der Waals surface area (Å²) in [6, 6.07) is 6.21. The molecule has 0 radical (unpaired) electrons. The maximum Gasteiger partial charge on any atom is 0.310 e. The number of likely N-dealkylation sites (tertiary alicyclic amines) is 1. The zero-order valence-electron chi connectivity index (χ0n) is 18.9. The Balaban J connectivity index is 1.72. The molecule has 34 heavy (non-hydrogen) atoms. The number of rotatable bonds is 10. The minimum absolute atomic E-state index is 0.0153. The molecular weight excluding hydrogens is 476 g/mol. The molecule has 1 aromatic carbocycles. The van der Waals surface area contributed by atoms with Crippen LogP contribution >= 0.6 is 23.4 Å². The average Bonchev–Trinajstić information content (AvgIpc) is 3.46. The average molecular weight is 505 g/mol. The molecule has 5 atom stereocenters. The maximum absolute atomic E-state index is 14.1. The van der Waals surface area contributed by atoms with Crippen LogP contribution < -0.4 is 4.90 Å². The van der Waals surface area contributed by atoms with E-state index >= 15 is 0 Å². The number of β-amino-alcohol motifs (C(OH)–C–C–N with tert-alkyl or cyclic N) is 1. The topological polar surface area (TPSA) is 87.1 Å². The molecule has 3 saturated heterocycles. The lowest BCUT2D eigenvalue weighted by molar-refractivity contribution is -0.154. The van der Waals surface area contributed by atoms with Gasteiger partial charge in [0.2, 0.25) is 5.91 Å². The van der Waals surface area contributed by atoms with E-state index in [1.165, 1.54) is 4.90 Å². The Morgan fingerprint density at radius 3 is 2.76 bits per heavy atom. The van der Waals surface area contributed by atoms with Gasteiger partial charge in [0, 0.05) is 18.3 Å². The van der Waals surface area contributed by atoms with Gasteiger partial charge >= 0.3 is 5.97 Å². The van der Waals surface area contributed by atoms with Gasteiger partial charge in [-0.25, -0.2) is 0 Å². The lowest BCUT2D eigenvalue weighted by Gasteiger charge is -2.37. The van der Waals surface area contributed by atoms with E-state index in [0.29, 0.717) is 23.6 Å². The molecule has 2 amide bonds. The van der Waals surface area contributed by atoms with Gasteiger partial charge in [-0.3, -0.25) is 14.4 Å². The SMILES string of the molecule is C=CCCOC(=O)[C@@H]1[C@H]2C(=O)N(CCO)C(C(=O)N(CC=C)c3ccccc3Cl)C23CC[C@H]1S3. The molecule has 182 valence electrons. The number of hydrogen-bond donors (Lipinski definition) is 1. The first-order valence-electron chi connectivity index (χ1n) is 11.4. The summed E-state index contributed by atoms with van der Waals surface area (Å²) in [4.78, 5) is 43.8. The first-order chi connectivity index (χ1) is 16.4. The number of nitrogens with zero attached hydrogens (tertiary/aromatic N) is 2. The van der Waals surface area contributed by atoms with Crippen molar-refractivity contribution in [3.05, 3.63) is 54.6 Å². The van der Waals surface area contributed by atoms with E-state index in [-0.39, 0.29) is 43.4 Å². The summed E-state index contributed by atoms with van der Waals surface area (Å²) in [7, 11) is 0. The van der Waals surface area contributed by atoms with Crippen molar-refractivity contribution in [3.8, 4) is 0 Å². The van der Waals surface area contributed by atoms with Crippen LogP contribution in [0.4, 0.5) is 5.69 Å². The number of amides is 2. The monoisotopic (exact) mass is 504 g/mol. The van der Waals surface area contributed by atoms with Crippen LogP contribution in [-0.2, 0) is 19.1 Å². The van der Waals surface area contributed by atoms with Crippen molar-refractivity contribution >= 4 is 46.8 Å². The molecule has 1 N–H and O–H groups in total. The number of para-hydroxylation sites is 1. The van der Waals surface area contributed by atoms with E-state index in [4.69, 9.17) is 16.3 Å². The summed E-state index contributed by atoms with van der Waals surface area (Å²) < 4.78 is 4.71. The van der Waals surface area contributed by atoms with Gasteiger partial charge in [-0.15, -0.1) is 24.9 Å². The molecule has 0 aromatic heterocycles.